The van der Waals surface area contributed by atoms with Crippen molar-refractivity contribution < 1.29 is 4.79 Å². The molecule has 0 saturated carbocycles. The summed E-state index contributed by atoms with van der Waals surface area (Å²) in [6, 6.07) is 7.03. The Balaban J connectivity index is 2.60. The third-order valence-electron chi connectivity index (χ3n) is 2.40. The maximum atomic E-state index is 11.6. The molecule has 0 aromatic heterocycles. The largest absolute Gasteiger partial charge is 0.348 e. The predicted octanol–water partition coefficient (Wildman–Crippen LogP) is 1.98. The van der Waals surface area contributed by atoms with Crippen LogP contribution in [0.2, 0.25) is 0 Å². The lowest BCUT2D eigenvalue weighted by Gasteiger charge is -2.16. The summed E-state index contributed by atoms with van der Waals surface area (Å²) >= 11 is 3.36. The molecule has 2 atom stereocenters. The van der Waals surface area contributed by atoms with Crippen molar-refractivity contribution in [2.75, 3.05) is 0 Å². The van der Waals surface area contributed by atoms with E-state index in [0.29, 0.717) is 0 Å². The molecule has 0 saturated heterocycles. The van der Waals surface area contributed by atoms with E-state index in [1.165, 1.54) is 0 Å². The number of nitrogens with one attached hydrogen (secondary N) is 1. The lowest BCUT2D eigenvalue weighted by atomic mass is 10.1. The second-order valence-corrected chi connectivity index (χ2v) is 4.71. The minimum atomic E-state index is -0.641. The fourth-order valence-electron chi connectivity index (χ4n) is 1.37. The first kappa shape index (κ1) is 13.8. The molecule has 1 unspecified atom stereocenters. The second kappa shape index (κ2) is 6.43. The van der Waals surface area contributed by atoms with E-state index in [-0.39, 0.29) is 18.4 Å². The van der Waals surface area contributed by atoms with E-state index >= 15 is 0 Å². The van der Waals surface area contributed by atoms with Gasteiger partial charge >= 0.3 is 0 Å². The zero-order valence-corrected chi connectivity index (χ0v) is 11.2. The molecule has 0 aliphatic carbocycles. The summed E-state index contributed by atoms with van der Waals surface area (Å²) in [5, 5.41) is 2.83. The van der Waals surface area contributed by atoms with Gasteiger partial charge in [0.1, 0.15) is 0 Å². The van der Waals surface area contributed by atoms with Crippen molar-refractivity contribution in [3.8, 4) is 12.3 Å². The van der Waals surface area contributed by atoms with E-state index in [1.807, 2.05) is 31.2 Å². The Kier molecular flexibility index (Phi) is 5.20. The molecule has 1 aromatic carbocycles. The Morgan fingerprint density at radius 3 is 2.65 bits per heavy atom. The molecule has 0 heterocycles. The van der Waals surface area contributed by atoms with Crippen molar-refractivity contribution in [1.82, 2.24) is 5.32 Å². The summed E-state index contributed by atoms with van der Waals surface area (Å²) in [6.45, 7) is 1.91. The fourth-order valence-corrected chi connectivity index (χ4v) is 1.64. The molecule has 0 fully saturated rings. The standard InChI is InChI=1S/C13H15BrN2O/c1-3-4-12(15)13(17)16-9(2)10-5-7-11(14)8-6-10/h1,5-9,12H,4,15H2,2H3,(H,16,17)/t9-,12?/m0/s1. The van der Waals surface area contributed by atoms with Gasteiger partial charge in [0.15, 0.2) is 0 Å². The Morgan fingerprint density at radius 2 is 2.12 bits per heavy atom. The minimum Gasteiger partial charge on any atom is -0.348 e. The number of carbonyl (C=O) groups is 1. The summed E-state index contributed by atoms with van der Waals surface area (Å²) in [6.07, 6.45) is 5.36. The molecule has 0 aliphatic heterocycles. The van der Waals surface area contributed by atoms with Crippen LogP contribution in [0, 0.1) is 12.3 Å². The van der Waals surface area contributed by atoms with Gasteiger partial charge in [-0.2, -0.15) is 0 Å². The molecule has 1 rings (SSSR count). The number of halogens is 1. The summed E-state index contributed by atoms with van der Waals surface area (Å²) in [5.41, 5.74) is 6.64. The Hall–Kier alpha value is -1.31. The van der Waals surface area contributed by atoms with Crippen molar-refractivity contribution in [3.05, 3.63) is 34.3 Å². The monoisotopic (exact) mass is 294 g/mol. The van der Waals surface area contributed by atoms with Crippen molar-refractivity contribution in [3.63, 3.8) is 0 Å². The molecule has 1 amide bonds. The van der Waals surface area contributed by atoms with Gasteiger partial charge in [-0.25, -0.2) is 0 Å². The van der Waals surface area contributed by atoms with Gasteiger partial charge in [-0.15, -0.1) is 12.3 Å². The quantitative estimate of drug-likeness (QED) is 0.835. The number of terminal acetylenes is 1. The van der Waals surface area contributed by atoms with E-state index < -0.39 is 6.04 Å². The van der Waals surface area contributed by atoms with E-state index in [2.05, 4.69) is 27.2 Å². The molecule has 4 heteroatoms. The van der Waals surface area contributed by atoms with Crippen LogP contribution in [-0.4, -0.2) is 11.9 Å². The smallest absolute Gasteiger partial charge is 0.238 e. The zero-order valence-electron chi connectivity index (χ0n) is 9.61. The van der Waals surface area contributed by atoms with Crippen LogP contribution in [0.3, 0.4) is 0 Å². The van der Waals surface area contributed by atoms with Crippen LogP contribution in [0.5, 0.6) is 0 Å². The lowest BCUT2D eigenvalue weighted by molar-refractivity contribution is -0.122. The Morgan fingerprint density at radius 1 is 1.53 bits per heavy atom. The van der Waals surface area contributed by atoms with Gasteiger partial charge in [0.2, 0.25) is 5.91 Å². The van der Waals surface area contributed by atoms with Crippen LogP contribution in [-0.2, 0) is 4.79 Å². The number of benzene rings is 1. The molecule has 90 valence electrons. The average molecular weight is 295 g/mol. The summed E-state index contributed by atoms with van der Waals surface area (Å²) in [5.74, 6) is 2.15. The second-order valence-electron chi connectivity index (χ2n) is 3.80. The third-order valence-corrected chi connectivity index (χ3v) is 2.93. The van der Waals surface area contributed by atoms with Gasteiger partial charge in [-0.1, -0.05) is 28.1 Å². The molecular weight excluding hydrogens is 280 g/mol. The highest BCUT2D eigenvalue weighted by molar-refractivity contribution is 9.10. The molecule has 0 bridgehead atoms. The summed E-state index contributed by atoms with van der Waals surface area (Å²) in [7, 11) is 0. The Bertz CT molecular complexity index is 422. The van der Waals surface area contributed by atoms with E-state index in [9.17, 15) is 4.79 Å². The van der Waals surface area contributed by atoms with Crippen LogP contribution in [0.1, 0.15) is 24.9 Å². The van der Waals surface area contributed by atoms with Crippen LogP contribution >= 0.6 is 15.9 Å². The first-order chi connectivity index (χ1) is 8.04. The molecule has 0 spiro atoms. The SMILES string of the molecule is C#CCC(N)C(=O)N[C@@H](C)c1ccc(Br)cc1. The molecule has 17 heavy (non-hydrogen) atoms. The van der Waals surface area contributed by atoms with Gasteiger partial charge in [0, 0.05) is 10.9 Å². The summed E-state index contributed by atoms with van der Waals surface area (Å²) < 4.78 is 1.00. The van der Waals surface area contributed by atoms with Gasteiger partial charge in [0.25, 0.3) is 0 Å². The molecular formula is C13H15BrN2O. The number of carbonyl (C=O) groups excluding carboxylic acids is 1. The normalized spacial score (nSPS) is 13.5. The van der Waals surface area contributed by atoms with E-state index in [0.717, 1.165) is 10.0 Å². The zero-order chi connectivity index (χ0) is 12.8. The average Bonchev–Trinajstić information content (AvgIpc) is 2.30. The fraction of sp³-hybridized carbons (Fsp3) is 0.308. The number of hydrogen-bond donors (Lipinski definition) is 2. The highest BCUT2D eigenvalue weighted by Crippen LogP contribution is 2.16. The third kappa shape index (κ3) is 4.22. The van der Waals surface area contributed by atoms with Gasteiger partial charge < -0.3 is 11.1 Å². The van der Waals surface area contributed by atoms with Gasteiger partial charge in [-0.05, 0) is 24.6 Å². The predicted molar refractivity (Wildman–Crippen MR) is 72.1 cm³/mol. The first-order valence-corrected chi connectivity index (χ1v) is 6.08. The minimum absolute atomic E-state index is 0.0839. The van der Waals surface area contributed by atoms with Crippen molar-refractivity contribution in [1.29, 1.82) is 0 Å². The van der Waals surface area contributed by atoms with Crippen LogP contribution in [0.4, 0.5) is 0 Å². The van der Waals surface area contributed by atoms with E-state index in [1.54, 1.807) is 0 Å². The summed E-state index contributed by atoms with van der Waals surface area (Å²) in [4.78, 5) is 11.6. The molecule has 0 aliphatic rings. The van der Waals surface area contributed by atoms with E-state index in [4.69, 9.17) is 12.2 Å². The van der Waals surface area contributed by atoms with Crippen molar-refractivity contribution >= 4 is 21.8 Å². The first-order valence-electron chi connectivity index (χ1n) is 5.29. The van der Waals surface area contributed by atoms with Crippen molar-refractivity contribution in [2.24, 2.45) is 5.73 Å². The maximum absolute atomic E-state index is 11.6. The molecule has 3 nitrogen and oxygen atoms in total. The highest BCUT2D eigenvalue weighted by Gasteiger charge is 2.15. The topological polar surface area (TPSA) is 55.1 Å². The molecule has 0 radical (unpaired) electrons. The lowest BCUT2D eigenvalue weighted by Crippen LogP contribution is -2.41. The van der Waals surface area contributed by atoms with Crippen molar-refractivity contribution in [2.45, 2.75) is 25.4 Å². The molecule has 3 N–H and O–H groups in total. The number of hydrogen-bond acceptors (Lipinski definition) is 2. The number of rotatable bonds is 4. The van der Waals surface area contributed by atoms with Crippen LogP contribution in [0.25, 0.3) is 0 Å². The maximum Gasteiger partial charge on any atom is 0.238 e. The van der Waals surface area contributed by atoms with Gasteiger partial charge in [-0.3, -0.25) is 4.79 Å². The Labute approximate surface area is 110 Å². The van der Waals surface area contributed by atoms with Crippen LogP contribution < -0.4 is 11.1 Å². The highest BCUT2D eigenvalue weighted by atomic mass is 79.9. The molecule has 1 aromatic rings. The van der Waals surface area contributed by atoms with Crippen LogP contribution in [0.15, 0.2) is 28.7 Å². The van der Waals surface area contributed by atoms with Gasteiger partial charge in [0.05, 0.1) is 12.1 Å². The number of amides is 1. The number of nitrogens with two attached hydrogens (primary N) is 1.